The van der Waals surface area contributed by atoms with Crippen LogP contribution in [0.2, 0.25) is 0 Å². The van der Waals surface area contributed by atoms with Crippen molar-refractivity contribution >= 4 is 17.7 Å². The molecule has 1 aliphatic heterocycles. The third-order valence-electron chi connectivity index (χ3n) is 3.45. The minimum atomic E-state index is -0.0774. The van der Waals surface area contributed by atoms with Crippen molar-refractivity contribution in [2.75, 3.05) is 11.6 Å². The quantitative estimate of drug-likeness (QED) is 0.834. The van der Waals surface area contributed by atoms with E-state index in [2.05, 4.69) is 29.6 Å². The van der Waals surface area contributed by atoms with Gasteiger partial charge in [-0.15, -0.1) is 11.8 Å². The second-order valence-corrected chi connectivity index (χ2v) is 5.75. The van der Waals surface area contributed by atoms with Crippen molar-refractivity contribution in [1.29, 1.82) is 0 Å². The number of carbonyl (C=O) groups excluding carboxylic acids is 1. The van der Waals surface area contributed by atoms with Gasteiger partial charge in [0.25, 0.3) is 0 Å². The van der Waals surface area contributed by atoms with Gasteiger partial charge in [-0.25, -0.2) is 0 Å². The molecule has 0 radical (unpaired) electrons. The standard InChI is InChI=1S/C13H21N3O2S/c1-3-9(4-2)11-5-10(18-16-11)6-14-13(17)12-7-19-8-15-12/h5,9,12,15H,3-4,6-8H2,1-2H3,(H,14,17). The zero-order valence-corrected chi connectivity index (χ0v) is 12.3. The molecule has 1 saturated heterocycles. The molecule has 0 saturated carbocycles. The Kier molecular flexibility index (Phi) is 5.27. The summed E-state index contributed by atoms with van der Waals surface area (Å²) in [5.41, 5.74) is 0.990. The molecule has 2 heterocycles. The van der Waals surface area contributed by atoms with Gasteiger partial charge in [-0.2, -0.15) is 0 Å². The lowest BCUT2D eigenvalue weighted by atomic mass is 9.99. The van der Waals surface area contributed by atoms with Crippen LogP contribution in [-0.2, 0) is 11.3 Å². The van der Waals surface area contributed by atoms with Gasteiger partial charge >= 0.3 is 0 Å². The molecule has 1 atom stereocenters. The van der Waals surface area contributed by atoms with Crippen LogP contribution in [-0.4, -0.2) is 28.7 Å². The van der Waals surface area contributed by atoms with Crippen LogP contribution in [0.4, 0.5) is 0 Å². The summed E-state index contributed by atoms with van der Waals surface area (Å²) < 4.78 is 5.27. The van der Waals surface area contributed by atoms with Crippen LogP contribution in [0, 0.1) is 0 Å². The van der Waals surface area contributed by atoms with Crippen molar-refractivity contribution in [1.82, 2.24) is 15.8 Å². The van der Waals surface area contributed by atoms with Crippen molar-refractivity contribution in [2.24, 2.45) is 0 Å². The number of carbonyl (C=O) groups is 1. The van der Waals surface area contributed by atoms with E-state index in [9.17, 15) is 4.79 Å². The van der Waals surface area contributed by atoms with Gasteiger partial charge in [-0.05, 0) is 12.8 Å². The molecule has 0 bridgehead atoms. The van der Waals surface area contributed by atoms with E-state index in [1.165, 1.54) is 0 Å². The fourth-order valence-electron chi connectivity index (χ4n) is 2.17. The topological polar surface area (TPSA) is 67.2 Å². The first kappa shape index (κ1) is 14.4. The molecule has 1 unspecified atom stereocenters. The minimum absolute atomic E-state index is 0.0329. The maximum atomic E-state index is 11.8. The van der Waals surface area contributed by atoms with Gasteiger partial charge in [0.15, 0.2) is 5.76 Å². The van der Waals surface area contributed by atoms with Crippen molar-refractivity contribution in [2.45, 2.75) is 45.2 Å². The van der Waals surface area contributed by atoms with Crippen LogP contribution in [0.5, 0.6) is 0 Å². The lowest BCUT2D eigenvalue weighted by molar-refractivity contribution is -0.122. The third-order valence-corrected chi connectivity index (χ3v) is 4.39. The van der Waals surface area contributed by atoms with E-state index < -0.39 is 0 Å². The molecule has 0 aliphatic carbocycles. The van der Waals surface area contributed by atoms with E-state index in [0.29, 0.717) is 12.5 Å². The molecule has 5 nitrogen and oxygen atoms in total. The van der Waals surface area contributed by atoms with Gasteiger partial charge < -0.3 is 9.84 Å². The second-order valence-electron chi connectivity index (χ2n) is 4.72. The summed E-state index contributed by atoms with van der Waals surface area (Å²) in [5, 5.41) is 10.1. The maximum absolute atomic E-state index is 11.8. The van der Waals surface area contributed by atoms with Crippen molar-refractivity contribution in [3.63, 3.8) is 0 Å². The Morgan fingerprint density at radius 3 is 3.05 bits per heavy atom. The molecule has 1 amide bonds. The molecular formula is C13H21N3O2S. The highest BCUT2D eigenvalue weighted by Crippen LogP contribution is 2.22. The lowest BCUT2D eigenvalue weighted by Gasteiger charge is -2.08. The van der Waals surface area contributed by atoms with E-state index in [0.717, 1.165) is 35.9 Å². The summed E-state index contributed by atoms with van der Waals surface area (Å²) in [5.74, 6) is 2.88. The van der Waals surface area contributed by atoms with Crippen molar-refractivity contribution in [3.05, 3.63) is 17.5 Å². The van der Waals surface area contributed by atoms with Crippen LogP contribution in [0.1, 0.15) is 44.1 Å². The SMILES string of the molecule is CCC(CC)c1cc(CNC(=O)C2CSCN2)on1. The van der Waals surface area contributed by atoms with Crippen molar-refractivity contribution < 1.29 is 9.32 Å². The van der Waals surface area contributed by atoms with E-state index in [4.69, 9.17) is 4.52 Å². The molecule has 2 rings (SSSR count). The Bertz CT molecular complexity index is 412. The summed E-state index contributed by atoms with van der Waals surface area (Å²) in [7, 11) is 0. The molecule has 0 spiro atoms. The first-order chi connectivity index (χ1) is 9.24. The van der Waals surface area contributed by atoms with Crippen LogP contribution >= 0.6 is 11.8 Å². The molecule has 106 valence electrons. The van der Waals surface area contributed by atoms with Gasteiger partial charge in [-0.1, -0.05) is 19.0 Å². The zero-order chi connectivity index (χ0) is 13.7. The van der Waals surface area contributed by atoms with Crippen LogP contribution < -0.4 is 10.6 Å². The number of rotatable bonds is 6. The summed E-state index contributed by atoms with van der Waals surface area (Å²) >= 11 is 1.74. The Labute approximate surface area is 117 Å². The summed E-state index contributed by atoms with van der Waals surface area (Å²) in [6.07, 6.45) is 2.11. The number of hydrogen-bond donors (Lipinski definition) is 2. The van der Waals surface area contributed by atoms with Crippen LogP contribution in [0.15, 0.2) is 10.6 Å². The monoisotopic (exact) mass is 283 g/mol. The number of nitrogens with zero attached hydrogens (tertiary/aromatic N) is 1. The fraction of sp³-hybridized carbons (Fsp3) is 0.692. The van der Waals surface area contributed by atoms with Gasteiger partial charge in [0.1, 0.15) is 0 Å². The van der Waals surface area contributed by atoms with Crippen molar-refractivity contribution in [3.8, 4) is 0 Å². The van der Waals surface area contributed by atoms with E-state index >= 15 is 0 Å². The average molecular weight is 283 g/mol. The largest absolute Gasteiger partial charge is 0.359 e. The smallest absolute Gasteiger partial charge is 0.238 e. The first-order valence-corrected chi connectivity index (χ1v) is 7.94. The lowest BCUT2D eigenvalue weighted by Crippen LogP contribution is -2.41. The predicted molar refractivity (Wildman–Crippen MR) is 75.9 cm³/mol. The Morgan fingerprint density at radius 2 is 2.42 bits per heavy atom. The first-order valence-electron chi connectivity index (χ1n) is 6.78. The Balaban J connectivity index is 1.84. The highest BCUT2D eigenvalue weighted by atomic mass is 32.2. The normalized spacial score (nSPS) is 19.0. The van der Waals surface area contributed by atoms with Gasteiger partial charge in [0, 0.05) is 23.6 Å². The third kappa shape index (κ3) is 3.73. The van der Waals surface area contributed by atoms with E-state index in [1.54, 1.807) is 11.8 Å². The molecule has 1 aromatic rings. The summed E-state index contributed by atoms with van der Waals surface area (Å²) in [4.78, 5) is 11.8. The maximum Gasteiger partial charge on any atom is 0.238 e. The molecule has 0 aromatic carbocycles. The summed E-state index contributed by atoms with van der Waals surface area (Å²) in [6.45, 7) is 4.70. The average Bonchev–Trinajstić information content (AvgIpc) is 3.09. The van der Waals surface area contributed by atoms with Gasteiger partial charge in [-0.3, -0.25) is 10.1 Å². The fourth-order valence-corrected chi connectivity index (χ4v) is 3.11. The molecule has 2 N–H and O–H groups in total. The Morgan fingerprint density at radius 1 is 1.63 bits per heavy atom. The number of amides is 1. The number of aromatic nitrogens is 1. The molecular weight excluding hydrogens is 262 g/mol. The predicted octanol–water partition coefficient (Wildman–Crippen LogP) is 1.86. The minimum Gasteiger partial charge on any atom is -0.359 e. The van der Waals surface area contributed by atoms with Crippen LogP contribution in [0.3, 0.4) is 0 Å². The van der Waals surface area contributed by atoms with Crippen LogP contribution in [0.25, 0.3) is 0 Å². The molecule has 1 aromatic heterocycles. The van der Waals surface area contributed by atoms with E-state index in [-0.39, 0.29) is 11.9 Å². The highest BCUT2D eigenvalue weighted by molar-refractivity contribution is 7.99. The number of nitrogens with one attached hydrogen (secondary N) is 2. The molecule has 6 heteroatoms. The zero-order valence-electron chi connectivity index (χ0n) is 11.4. The Hall–Kier alpha value is -1.01. The molecule has 1 fully saturated rings. The molecule has 1 aliphatic rings. The second kappa shape index (κ2) is 6.96. The van der Waals surface area contributed by atoms with Gasteiger partial charge in [0.2, 0.25) is 5.91 Å². The summed E-state index contributed by atoms with van der Waals surface area (Å²) in [6, 6.07) is 1.88. The number of hydrogen-bond acceptors (Lipinski definition) is 5. The van der Waals surface area contributed by atoms with Gasteiger partial charge in [0.05, 0.1) is 18.3 Å². The highest BCUT2D eigenvalue weighted by Gasteiger charge is 2.22. The van der Waals surface area contributed by atoms with E-state index in [1.807, 2.05) is 6.07 Å². The number of thioether (sulfide) groups is 1. The molecule has 19 heavy (non-hydrogen) atoms.